The number of amides is 1. The molecule has 1 amide bonds. The number of rotatable bonds is 7. The van der Waals surface area contributed by atoms with Crippen LogP contribution in [0, 0.1) is 0 Å². The zero-order valence-electron chi connectivity index (χ0n) is 7.18. The van der Waals surface area contributed by atoms with E-state index in [1.807, 2.05) is 0 Å². The maximum atomic E-state index is 10.6. The van der Waals surface area contributed by atoms with Crippen molar-refractivity contribution in [2.75, 3.05) is 19.0 Å². The Morgan fingerprint density at radius 3 is 2.50 bits per heavy atom. The first-order chi connectivity index (χ1) is 5.81. The monoisotopic (exact) mass is 193 g/mol. The number of halogens is 1. The van der Waals surface area contributed by atoms with Crippen LogP contribution in [0.5, 0.6) is 0 Å². The highest BCUT2D eigenvalue weighted by molar-refractivity contribution is 6.27. The van der Waals surface area contributed by atoms with Gasteiger partial charge in [0.05, 0.1) is 0 Å². The largest absolute Gasteiger partial charge is 0.396 e. The Labute approximate surface area is 78.1 Å². The molecule has 0 aliphatic heterocycles. The molecule has 0 spiro atoms. The first-order valence-electron chi connectivity index (χ1n) is 4.24. The summed E-state index contributed by atoms with van der Waals surface area (Å²) in [6, 6.07) is 0. The van der Waals surface area contributed by atoms with Crippen molar-refractivity contribution in [3.63, 3.8) is 0 Å². The van der Waals surface area contributed by atoms with Gasteiger partial charge in [0.25, 0.3) is 0 Å². The van der Waals surface area contributed by atoms with Crippen molar-refractivity contribution in [3.8, 4) is 0 Å². The van der Waals surface area contributed by atoms with Gasteiger partial charge < -0.3 is 10.4 Å². The van der Waals surface area contributed by atoms with E-state index in [4.69, 9.17) is 16.7 Å². The number of unbranched alkanes of at least 4 members (excludes halogenated alkanes) is 3. The van der Waals surface area contributed by atoms with E-state index in [0.29, 0.717) is 6.54 Å². The van der Waals surface area contributed by atoms with E-state index in [1.54, 1.807) is 0 Å². The van der Waals surface area contributed by atoms with Crippen molar-refractivity contribution >= 4 is 17.5 Å². The van der Waals surface area contributed by atoms with Gasteiger partial charge in [0.15, 0.2) is 0 Å². The summed E-state index contributed by atoms with van der Waals surface area (Å²) in [5.41, 5.74) is 0. The van der Waals surface area contributed by atoms with Crippen LogP contribution in [0.15, 0.2) is 0 Å². The van der Waals surface area contributed by atoms with E-state index in [2.05, 4.69) is 5.32 Å². The average molecular weight is 194 g/mol. The van der Waals surface area contributed by atoms with E-state index in [-0.39, 0.29) is 18.4 Å². The third-order valence-corrected chi connectivity index (χ3v) is 1.77. The van der Waals surface area contributed by atoms with E-state index in [9.17, 15) is 4.79 Å². The Kier molecular flexibility index (Phi) is 8.61. The lowest BCUT2D eigenvalue weighted by Gasteiger charge is -2.01. The minimum absolute atomic E-state index is 0.0383. The number of carbonyl (C=O) groups excluding carboxylic acids is 1. The highest BCUT2D eigenvalue weighted by Gasteiger charge is 1.95. The summed E-state index contributed by atoms with van der Waals surface area (Å²) in [7, 11) is 0. The Morgan fingerprint density at radius 2 is 1.92 bits per heavy atom. The SMILES string of the molecule is O=C(CCl)NCCCCCCO. The topological polar surface area (TPSA) is 49.3 Å². The molecule has 72 valence electrons. The van der Waals surface area contributed by atoms with E-state index < -0.39 is 0 Å². The molecule has 0 aromatic rings. The van der Waals surface area contributed by atoms with Crippen LogP contribution >= 0.6 is 11.6 Å². The number of nitrogens with one attached hydrogen (secondary N) is 1. The third kappa shape index (κ3) is 7.82. The molecule has 0 rings (SSSR count). The molecule has 0 saturated carbocycles. The Hall–Kier alpha value is -0.280. The van der Waals surface area contributed by atoms with Gasteiger partial charge in [-0.15, -0.1) is 11.6 Å². The predicted molar refractivity (Wildman–Crippen MR) is 49.3 cm³/mol. The van der Waals surface area contributed by atoms with Gasteiger partial charge in [0.1, 0.15) is 5.88 Å². The fourth-order valence-corrected chi connectivity index (χ4v) is 0.960. The van der Waals surface area contributed by atoms with E-state index >= 15 is 0 Å². The Balaban J connectivity index is 2.95. The highest BCUT2D eigenvalue weighted by Crippen LogP contribution is 1.97. The van der Waals surface area contributed by atoms with Crippen molar-refractivity contribution < 1.29 is 9.90 Å². The first kappa shape index (κ1) is 11.7. The molecule has 12 heavy (non-hydrogen) atoms. The summed E-state index contributed by atoms with van der Waals surface area (Å²) < 4.78 is 0. The number of hydrogen-bond donors (Lipinski definition) is 2. The first-order valence-corrected chi connectivity index (χ1v) is 4.78. The van der Waals surface area contributed by atoms with Crippen molar-refractivity contribution in [1.82, 2.24) is 5.32 Å². The summed E-state index contributed by atoms with van der Waals surface area (Å²) in [5, 5.41) is 11.1. The van der Waals surface area contributed by atoms with Gasteiger partial charge >= 0.3 is 0 Å². The van der Waals surface area contributed by atoms with Gasteiger partial charge in [-0.05, 0) is 12.8 Å². The molecule has 0 aromatic carbocycles. The molecule has 0 heterocycles. The molecule has 0 aliphatic carbocycles. The molecule has 0 bridgehead atoms. The predicted octanol–water partition coefficient (Wildman–Crippen LogP) is 0.894. The number of hydrogen-bond acceptors (Lipinski definition) is 2. The summed E-state index contributed by atoms with van der Waals surface area (Å²) in [6.45, 7) is 0.949. The molecule has 0 radical (unpaired) electrons. The Bertz CT molecular complexity index is 120. The van der Waals surface area contributed by atoms with Gasteiger partial charge in [0.2, 0.25) is 5.91 Å². The molecule has 0 fully saturated rings. The molecule has 0 saturated heterocycles. The van der Waals surface area contributed by atoms with E-state index in [1.165, 1.54) is 0 Å². The lowest BCUT2D eigenvalue weighted by molar-refractivity contribution is -0.118. The molecule has 2 N–H and O–H groups in total. The van der Waals surface area contributed by atoms with Gasteiger partial charge in [-0.1, -0.05) is 12.8 Å². The summed E-state index contributed by atoms with van der Waals surface area (Å²) >= 11 is 5.27. The maximum absolute atomic E-state index is 10.6. The second-order valence-electron chi connectivity index (χ2n) is 2.62. The van der Waals surface area contributed by atoms with Crippen LogP contribution in [0.2, 0.25) is 0 Å². The smallest absolute Gasteiger partial charge is 0.234 e. The number of alkyl halides is 1. The number of aliphatic hydroxyl groups excluding tert-OH is 1. The normalized spacial score (nSPS) is 9.83. The van der Waals surface area contributed by atoms with Gasteiger partial charge in [-0.2, -0.15) is 0 Å². The summed E-state index contributed by atoms with van der Waals surface area (Å²) in [4.78, 5) is 10.6. The van der Waals surface area contributed by atoms with Gasteiger partial charge in [-0.3, -0.25) is 4.79 Å². The standard InChI is InChI=1S/C8H16ClNO2/c9-7-8(12)10-5-3-1-2-4-6-11/h11H,1-7H2,(H,10,12). The van der Waals surface area contributed by atoms with Crippen molar-refractivity contribution in [3.05, 3.63) is 0 Å². The minimum atomic E-state index is -0.112. The van der Waals surface area contributed by atoms with Gasteiger partial charge in [0, 0.05) is 13.2 Å². The molecular formula is C8H16ClNO2. The molecular weight excluding hydrogens is 178 g/mol. The summed E-state index contributed by atoms with van der Waals surface area (Å²) in [5.74, 6) is -0.0739. The van der Waals surface area contributed by atoms with Crippen LogP contribution in [0.3, 0.4) is 0 Å². The van der Waals surface area contributed by atoms with Crippen molar-refractivity contribution in [1.29, 1.82) is 0 Å². The number of aliphatic hydroxyl groups is 1. The molecule has 0 atom stereocenters. The zero-order valence-corrected chi connectivity index (χ0v) is 7.94. The zero-order chi connectivity index (χ0) is 9.23. The lowest BCUT2D eigenvalue weighted by atomic mass is 10.2. The Morgan fingerprint density at radius 1 is 1.25 bits per heavy atom. The minimum Gasteiger partial charge on any atom is -0.396 e. The van der Waals surface area contributed by atoms with Gasteiger partial charge in [-0.25, -0.2) is 0 Å². The van der Waals surface area contributed by atoms with Crippen LogP contribution < -0.4 is 5.32 Å². The highest BCUT2D eigenvalue weighted by atomic mass is 35.5. The summed E-state index contributed by atoms with van der Waals surface area (Å²) in [6.07, 6.45) is 3.88. The molecule has 0 unspecified atom stereocenters. The fourth-order valence-electron chi connectivity index (χ4n) is 0.865. The fraction of sp³-hybridized carbons (Fsp3) is 0.875. The van der Waals surface area contributed by atoms with Crippen molar-refractivity contribution in [2.24, 2.45) is 0 Å². The average Bonchev–Trinajstić information content (AvgIpc) is 2.10. The molecule has 0 aliphatic rings. The lowest BCUT2D eigenvalue weighted by Crippen LogP contribution is -2.25. The quantitative estimate of drug-likeness (QED) is 0.466. The van der Waals surface area contributed by atoms with Crippen LogP contribution in [0.25, 0.3) is 0 Å². The van der Waals surface area contributed by atoms with Crippen LogP contribution in [-0.4, -0.2) is 30.0 Å². The van der Waals surface area contributed by atoms with E-state index in [0.717, 1.165) is 25.7 Å². The maximum Gasteiger partial charge on any atom is 0.234 e. The van der Waals surface area contributed by atoms with Crippen LogP contribution in [0.4, 0.5) is 0 Å². The molecule has 3 nitrogen and oxygen atoms in total. The van der Waals surface area contributed by atoms with Crippen molar-refractivity contribution in [2.45, 2.75) is 25.7 Å². The second kappa shape index (κ2) is 8.81. The number of carbonyl (C=O) groups is 1. The van der Waals surface area contributed by atoms with Crippen LogP contribution in [-0.2, 0) is 4.79 Å². The molecule has 0 aromatic heterocycles. The second-order valence-corrected chi connectivity index (χ2v) is 2.89. The molecule has 4 heteroatoms. The van der Waals surface area contributed by atoms with Crippen LogP contribution in [0.1, 0.15) is 25.7 Å². The third-order valence-electron chi connectivity index (χ3n) is 1.53.